The van der Waals surface area contributed by atoms with Crippen molar-refractivity contribution in [2.24, 2.45) is 0 Å². The lowest BCUT2D eigenvalue weighted by atomic mass is 10.2. The first-order valence-electron chi connectivity index (χ1n) is 6.19. The minimum atomic E-state index is 0.443. The summed E-state index contributed by atoms with van der Waals surface area (Å²) in [6.45, 7) is 4.34. The van der Waals surface area contributed by atoms with Crippen LogP contribution in [0.5, 0.6) is 0 Å². The fourth-order valence-corrected chi connectivity index (χ4v) is 3.03. The lowest BCUT2D eigenvalue weighted by Crippen LogP contribution is -2.09. The summed E-state index contributed by atoms with van der Waals surface area (Å²) in [5.74, 6) is 2.61. The van der Waals surface area contributed by atoms with Crippen LogP contribution in [-0.4, -0.2) is 21.6 Å². The van der Waals surface area contributed by atoms with Gasteiger partial charge in [0, 0.05) is 6.04 Å². The van der Waals surface area contributed by atoms with E-state index in [2.05, 4.69) is 47.9 Å². The molecule has 0 N–H and O–H groups in total. The van der Waals surface area contributed by atoms with Gasteiger partial charge in [-0.15, -0.1) is 11.6 Å². The van der Waals surface area contributed by atoms with Crippen LogP contribution in [0, 0.1) is 6.92 Å². The molecular formula is C14H19ClN2S. The van der Waals surface area contributed by atoms with Gasteiger partial charge in [-0.1, -0.05) is 6.07 Å². The summed E-state index contributed by atoms with van der Waals surface area (Å²) < 4.78 is 2.29. The molecule has 98 valence electrons. The van der Waals surface area contributed by atoms with E-state index < -0.39 is 0 Å². The normalized spacial score (nSPS) is 13.1. The molecule has 0 aliphatic heterocycles. The highest BCUT2D eigenvalue weighted by molar-refractivity contribution is 7.98. The van der Waals surface area contributed by atoms with Gasteiger partial charge in [0.2, 0.25) is 0 Å². The van der Waals surface area contributed by atoms with E-state index in [0.717, 1.165) is 23.5 Å². The first-order chi connectivity index (χ1) is 8.67. The Morgan fingerprint density at radius 3 is 2.89 bits per heavy atom. The van der Waals surface area contributed by atoms with Gasteiger partial charge in [0.15, 0.2) is 0 Å². The molecule has 0 saturated carbocycles. The molecule has 0 radical (unpaired) electrons. The number of aromatic nitrogens is 2. The Bertz CT molecular complexity index is 536. The van der Waals surface area contributed by atoms with E-state index in [1.165, 1.54) is 11.1 Å². The molecule has 0 amide bonds. The first-order valence-corrected chi connectivity index (χ1v) is 8.12. The predicted molar refractivity (Wildman–Crippen MR) is 81.7 cm³/mol. The Balaban J connectivity index is 2.46. The van der Waals surface area contributed by atoms with Crippen molar-refractivity contribution in [2.45, 2.75) is 32.2 Å². The molecule has 0 saturated heterocycles. The highest BCUT2D eigenvalue weighted by Crippen LogP contribution is 2.25. The minimum absolute atomic E-state index is 0.443. The van der Waals surface area contributed by atoms with E-state index in [-0.39, 0.29) is 0 Å². The molecule has 2 aromatic rings. The molecule has 1 aromatic heterocycles. The van der Waals surface area contributed by atoms with Gasteiger partial charge in [-0.25, -0.2) is 4.98 Å². The summed E-state index contributed by atoms with van der Waals surface area (Å²) in [5.41, 5.74) is 3.50. The lowest BCUT2D eigenvalue weighted by molar-refractivity contribution is 0.534. The van der Waals surface area contributed by atoms with Crippen molar-refractivity contribution < 1.29 is 0 Å². The summed E-state index contributed by atoms with van der Waals surface area (Å²) in [4.78, 5) is 4.65. The molecule has 1 unspecified atom stereocenters. The Hall–Kier alpha value is -0.670. The van der Waals surface area contributed by atoms with Crippen LogP contribution in [0.2, 0.25) is 0 Å². The topological polar surface area (TPSA) is 17.8 Å². The summed E-state index contributed by atoms with van der Waals surface area (Å²) >= 11 is 7.91. The first kappa shape index (κ1) is 13.8. The van der Waals surface area contributed by atoms with E-state index in [4.69, 9.17) is 11.6 Å². The molecule has 0 bridgehead atoms. The Morgan fingerprint density at radius 1 is 1.44 bits per heavy atom. The third-order valence-electron chi connectivity index (χ3n) is 3.22. The molecule has 4 heteroatoms. The maximum atomic E-state index is 6.03. The second kappa shape index (κ2) is 5.98. The van der Waals surface area contributed by atoms with Crippen molar-refractivity contribution in [1.82, 2.24) is 9.55 Å². The number of hydrogen-bond donors (Lipinski definition) is 0. The standard InChI is InChI=1S/C14H19ClN2S/c1-10-4-5-13-12(8-10)16-14(9-15)17(13)11(2)6-7-18-3/h4-5,8,11H,6-7,9H2,1-3H3. The van der Waals surface area contributed by atoms with Crippen molar-refractivity contribution in [3.63, 3.8) is 0 Å². The van der Waals surface area contributed by atoms with Crippen LogP contribution in [0.15, 0.2) is 18.2 Å². The van der Waals surface area contributed by atoms with E-state index >= 15 is 0 Å². The van der Waals surface area contributed by atoms with Crippen LogP contribution < -0.4 is 0 Å². The molecular weight excluding hydrogens is 264 g/mol. The molecule has 2 nitrogen and oxygen atoms in total. The maximum Gasteiger partial charge on any atom is 0.125 e. The Morgan fingerprint density at radius 2 is 2.22 bits per heavy atom. The van der Waals surface area contributed by atoms with E-state index in [0.29, 0.717) is 11.9 Å². The van der Waals surface area contributed by atoms with Crippen LogP contribution >= 0.6 is 23.4 Å². The van der Waals surface area contributed by atoms with Crippen molar-refractivity contribution in [1.29, 1.82) is 0 Å². The third-order valence-corrected chi connectivity index (χ3v) is 4.10. The molecule has 1 atom stereocenters. The van der Waals surface area contributed by atoms with Crippen molar-refractivity contribution in [2.75, 3.05) is 12.0 Å². The number of imidazole rings is 1. The molecule has 0 aliphatic carbocycles. The zero-order chi connectivity index (χ0) is 13.1. The fourth-order valence-electron chi connectivity index (χ4n) is 2.26. The molecule has 0 aliphatic rings. The summed E-state index contributed by atoms with van der Waals surface area (Å²) in [6.07, 6.45) is 3.29. The average molecular weight is 283 g/mol. The smallest absolute Gasteiger partial charge is 0.125 e. The van der Waals surface area contributed by atoms with Gasteiger partial charge >= 0.3 is 0 Å². The van der Waals surface area contributed by atoms with Gasteiger partial charge in [0.05, 0.1) is 16.9 Å². The second-order valence-corrected chi connectivity index (χ2v) is 5.91. The Kier molecular flexibility index (Phi) is 4.57. The zero-order valence-corrected chi connectivity index (χ0v) is 12.7. The molecule has 1 heterocycles. The van der Waals surface area contributed by atoms with Crippen molar-refractivity contribution in [3.05, 3.63) is 29.6 Å². The highest BCUT2D eigenvalue weighted by Gasteiger charge is 2.14. The van der Waals surface area contributed by atoms with Crippen LogP contribution in [0.3, 0.4) is 0 Å². The molecule has 2 rings (SSSR count). The molecule has 1 aromatic carbocycles. The second-order valence-electron chi connectivity index (χ2n) is 4.65. The van der Waals surface area contributed by atoms with Gasteiger partial charge in [0.25, 0.3) is 0 Å². The Labute approximate surface area is 118 Å². The zero-order valence-electron chi connectivity index (χ0n) is 11.1. The number of hydrogen-bond acceptors (Lipinski definition) is 2. The van der Waals surface area contributed by atoms with Crippen LogP contribution in [0.25, 0.3) is 11.0 Å². The predicted octanol–water partition coefficient (Wildman–Crippen LogP) is 4.40. The molecule has 18 heavy (non-hydrogen) atoms. The SMILES string of the molecule is CSCCC(C)n1c(CCl)nc2cc(C)ccc21. The summed E-state index contributed by atoms with van der Waals surface area (Å²) in [7, 11) is 0. The molecule has 0 fully saturated rings. The van der Waals surface area contributed by atoms with Crippen molar-refractivity contribution in [3.8, 4) is 0 Å². The molecule has 0 spiro atoms. The summed E-state index contributed by atoms with van der Waals surface area (Å²) in [6, 6.07) is 6.87. The number of fused-ring (bicyclic) bond motifs is 1. The van der Waals surface area contributed by atoms with Gasteiger partial charge in [0.1, 0.15) is 5.82 Å². The number of aryl methyl sites for hydroxylation is 1. The van der Waals surface area contributed by atoms with E-state index in [1.807, 2.05) is 11.8 Å². The van der Waals surface area contributed by atoms with Crippen LogP contribution in [0.1, 0.15) is 30.8 Å². The maximum absolute atomic E-state index is 6.03. The highest BCUT2D eigenvalue weighted by atomic mass is 35.5. The number of rotatable bonds is 5. The van der Waals surface area contributed by atoms with Gasteiger partial charge < -0.3 is 4.57 Å². The minimum Gasteiger partial charge on any atom is -0.324 e. The fraction of sp³-hybridized carbons (Fsp3) is 0.500. The van der Waals surface area contributed by atoms with Gasteiger partial charge in [-0.3, -0.25) is 0 Å². The number of alkyl halides is 1. The largest absolute Gasteiger partial charge is 0.324 e. The van der Waals surface area contributed by atoms with E-state index in [9.17, 15) is 0 Å². The van der Waals surface area contributed by atoms with Gasteiger partial charge in [-0.2, -0.15) is 11.8 Å². The quantitative estimate of drug-likeness (QED) is 0.757. The monoisotopic (exact) mass is 282 g/mol. The number of benzene rings is 1. The van der Waals surface area contributed by atoms with Crippen LogP contribution in [-0.2, 0) is 5.88 Å². The lowest BCUT2D eigenvalue weighted by Gasteiger charge is -2.16. The summed E-state index contributed by atoms with van der Waals surface area (Å²) in [5, 5.41) is 0. The number of thioether (sulfide) groups is 1. The van der Waals surface area contributed by atoms with Gasteiger partial charge in [-0.05, 0) is 50.0 Å². The van der Waals surface area contributed by atoms with E-state index in [1.54, 1.807) is 0 Å². The van der Waals surface area contributed by atoms with Crippen molar-refractivity contribution >= 4 is 34.4 Å². The van der Waals surface area contributed by atoms with Crippen LogP contribution in [0.4, 0.5) is 0 Å². The number of halogens is 1. The number of nitrogens with zero attached hydrogens (tertiary/aromatic N) is 2. The average Bonchev–Trinajstić information content (AvgIpc) is 2.73. The third kappa shape index (κ3) is 2.67.